The summed E-state index contributed by atoms with van der Waals surface area (Å²) in [5.41, 5.74) is 6.94. The lowest BCUT2D eigenvalue weighted by Gasteiger charge is -2.10. The molecule has 0 fully saturated rings. The molecule has 0 saturated carbocycles. The number of benzene rings is 2. The number of nitrogens with one attached hydrogen (secondary N) is 1. The Hall–Kier alpha value is -1.85. The number of nitrogens with two attached hydrogens (primary N) is 1. The van der Waals surface area contributed by atoms with Gasteiger partial charge in [-0.15, -0.1) is 0 Å². The van der Waals surface area contributed by atoms with Gasteiger partial charge < -0.3 is 15.8 Å². The molecule has 0 aliphatic heterocycles. The van der Waals surface area contributed by atoms with Gasteiger partial charge in [-0.2, -0.15) is 0 Å². The largest absolute Gasteiger partial charge is 0.495 e. The van der Waals surface area contributed by atoms with Gasteiger partial charge in [0.05, 0.1) is 12.1 Å². The molecule has 104 valence electrons. The van der Waals surface area contributed by atoms with Gasteiger partial charge in [-0.1, -0.05) is 23.8 Å². The van der Waals surface area contributed by atoms with Crippen LogP contribution in [0, 0.1) is 5.82 Å². The summed E-state index contributed by atoms with van der Waals surface area (Å²) in [6.45, 7) is 0. The highest BCUT2D eigenvalue weighted by atomic mass is 35.5. The highest BCUT2D eigenvalue weighted by Crippen LogP contribution is 2.29. The first-order valence-electron chi connectivity index (χ1n) is 5.71. The van der Waals surface area contributed by atoms with E-state index in [1.165, 1.54) is 19.2 Å². The molecular weight excluding hydrogens is 299 g/mol. The Morgan fingerprint density at radius 2 is 1.90 bits per heavy atom. The predicted molar refractivity (Wildman–Crippen MR) is 83.6 cm³/mol. The van der Waals surface area contributed by atoms with Crippen LogP contribution >= 0.6 is 23.8 Å². The molecule has 0 radical (unpaired) electrons. The van der Waals surface area contributed by atoms with Gasteiger partial charge in [-0.25, -0.2) is 4.39 Å². The van der Waals surface area contributed by atoms with E-state index in [0.717, 1.165) is 5.69 Å². The van der Waals surface area contributed by atoms with Crippen LogP contribution in [0.25, 0.3) is 0 Å². The molecule has 0 aliphatic rings. The fraction of sp³-hybridized carbons (Fsp3) is 0.0714. The molecule has 20 heavy (non-hydrogen) atoms. The van der Waals surface area contributed by atoms with E-state index in [-0.39, 0.29) is 10.6 Å². The van der Waals surface area contributed by atoms with Crippen LogP contribution < -0.4 is 15.8 Å². The molecule has 2 aromatic carbocycles. The molecule has 0 atom stereocenters. The Morgan fingerprint density at radius 1 is 1.25 bits per heavy atom. The molecule has 2 rings (SSSR count). The van der Waals surface area contributed by atoms with E-state index in [0.29, 0.717) is 16.5 Å². The van der Waals surface area contributed by atoms with Crippen LogP contribution in [-0.2, 0) is 0 Å². The van der Waals surface area contributed by atoms with E-state index in [2.05, 4.69) is 5.32 Å². The zero-order valence-corrected chi connectivity index (χ0v) is 12.2. The number of ether oxygens (including phenoxy) is 1. The number of thiocarbonyl (C=S) groups is 1. The second-order valence-electron chi connectivity index (χ2n) is 4.03. The Balaban J connectivity index is 2.26. The second kappa shape index (κ2) is 6.07. The van der Waals surface area contributed by atoms with E-state index in [1.807, 2.05) is 0 Å². The number of anilines is 2. The summed E-state index contributed by atoms with van der Waals surface area (Å²) in [5, 5.41) is 3.56. The third-order valence-electron chi connectivity index (χ3n) is 2.67. The molecule has 0 bridgehead atoms. The standard InChI is InChI=1S/C14H12ClFN2OS/c1-19-13-7-9(3-5-11(13)15)18-8-2-4-10(14(17)20)12(16)6-8/h2-7,18H,1H3,(H2,17,20). The van der Waals surface area contributed by atoms with E-state index < -0.39 is 5.82 Å². The molecule has 0 aliphatic carbocycles. The Labute approximate surface area is 126 Å². The maximum Gasteiger partial charge on any atom is 0.139 e. The van der Waals surface area contributed by atoms with Crippen LogP contribution in [0.1, 0.15) is 5.56 Å². The predicted octanol–water partition coefficient (Wildman–Crippen LogP) is 3.87. The number of hydrogen-bond donors (Lipinski definition) is 2. The minimum atomic E-state index is -0.469. The fourth-order valence-electron chi connectivity index (χ4n) is 1.70. The van der Waals surface area contributed by atoms with Gasteiger partial charge in [-0.05, 0) is 30.3 Å². The molecule has 6 heteroatoms. The summed E-state index contributed by atoms with van der Waals surface area (Å²) in [6, 6.07) is 9.75. The van der Waals surface area contributed by atoms with Crippen LogP contribution in [0.3, 0.4) is 0 Å². The van der Waals surface area contributed by atoms with Crippen LogP contribution in [0.4, 0.5) is 15.8 Å². The lowest BCUT2D eigenvalue weighted by molar-refractivity contribution is 0.415. The van der Waals surface area contributed by atoms with Crippen LogP contribution in [-0.4, -0.2) is 12.1 Å². The Morgan fingerprint density at radius 3 is 2.50 bits per heavy atom. The lowest BCUT2D eigenvalue weighted by Crippen LogP contribution is -2.11. The fourth-order valence-corrected chi connectivity index (χ4v) is 2.06. The molecule has 0 heterocycles. The highest BCUT2D eigenvalue weighted by Gasteiger charge is 2.07. The third-order valence-corrected chi connectivity index (χ3v) is 3.21. The summed E-state index contributed by atoms with van der Waals surface area (Å²) in [7, 11) is 1.53. The van der Waals surface area contributed by atoms with Crippen LogP contribution in [0.5, 0.6) is 5.75 Å². The minimum Gasteiger partial charge on any atom is -0.495 e. The molecule has 3 nitrogen and oxygen atoms in total. The summed E-state index contributed by atoms with van der Waals surface area (Å²) in [5.74, 6) is 0.0697. The average Bonchev–Trinajstić information content (AvgIpc) is 2.40. The van der Waals surface area contributed by atoms with Crippen molar-refractivity contribution in [3.63, 3.8) is 0 Å². The molecule has 0 spiro atoms. The van der Waals surface area contributed by atoms with Crippen molar-refractivity contribution in [2.75, 3.05) is 12.4 Å². The van der Waals surface area contributed by atoms with Crippen LogP contribution in [0.15, 0.2) is 36.4 Å². The first-order valence-corrected chi connectivity index (χ1v) is 6.50. The molecule has 0 aromatic heterocycles. The van der Waals surface area contributed by atoms with E-state index in [1.54, 1.807) is 24.3 Å². The molecule has 0 unspecified atom stereocenters. The minimum absolute atomic E-state index is 0.0298. The summed E-state index contributed by atoms with van der Waals surface area (Å²) in [6.07, 6.45) is 0. The van der Waals surface area contributed by atoms with Crippen LogP contribution in [0.2, 0.25) is 5.02 Å². The highest BCUT2D eigenvalue weighted by molar-refractivity contribution is 7.80. The Kier molecular flexibility index (Phi) is 4.42. The molecule has 2 aromatic rings. The van der Waals surface area contributed by atoms with Crippen molar-refractivity contribution >= 4 is 40.2 Å². The number of hydrogen-bond acceptors (Lipinski definition) is 3. The molecule has 3 N–H and O–H groups in total. The first-order chi connectivity index (χ1) is 9.51. The zero-order valence-electron chi connectivity index (χ0n) is 10.6. The van der Waals surface area contributed by atoms with Crippen molar-refractivity contribution in [1.82, 2.24) is 0 Å². The first kappa shape index (κ1) is 14.6. The van der Waals surface area contributed by atoms with Crippen molar-refractivity contribution in [2.45, 2.75) is 0 Å². The van der Waals surface area contributed by atoms with E-state index in [4.69, 9.17) is 34.3 Å². The zero-order chi connectivity index (χ0) is 14.7. The number of rotatable bonds is 4. The molecular formula is C14H12ClFN2OS. The summed E-state index contributed by atoms with van der Waals surface area (Å²) < 4.78 is 18.9. The SMILES string of the molecule is COc1cc(Nc2ccc(C(N)=S)c(F)c2)ccc1Cl. The van der Waals surface area contributed by atoms with Gasteiger partial charge in [0.15, 0.2) is 0 Å². The third kappa shape index (κ3) is 3.18. The summed E-state index contributed by atoms with van der Waals surface area (Å²) in [4.78, 5) is 0.0298. The number of methoxy groups -OCH3 is 1. The normalized spacial score (nSPS) is 10.2. The van der Waals surface area contributed by atoms with Gasteiger partial charge in [-0.3, -0.25) is 0 Å². The van der Waals surface area contributed by atoms with E-state index >= 15 is 0 Å². The molecule has 0 amide bonds. The number of halogens is 2. The average molecular weight is 311 g/mol. The van der Waals surface area contributed by atoms with Gasteiger partial charge in [0, 0.05) is 23.0 Å². The van der Waals surface area contributed by atoms with Crippen molar-refractivity contribution < 1.29 is 9.13 Å². The smallest absolute Gasteiger partial charge is 0.139 e. The summed E-state index contributed by atoms with van der Waals surface area (Å²) >= 11 is 10.7. The molecule has 0 saturated heterocycles. The van der Waals surface area contributed by atoms with Gasteiger partial charge in [0.1, 0.15) is 16.6 Å². The quantitative estimate of drug-likeness (QED) is 0.842. The van der Waals surface area contributed by atoms with Crippen molar-refractivity contribution in [2.24, 2.45) is 5.73 Å². The van der Waals surface area contributed by atoms with Crippen molar-refractivity contribution in [3.8, 4) is 5.75 Å². The topological polar surface area (TPSA) is 47.3 Å². The monoisotopic (exact) mass is 310 g/mol. The Bertz CT molecular complexity index is 664. The lowest BCUT2D eigenvalue weighted by atomic mass is 10.2. The van der Waals surface area contributed by atoms with Gasteiger partial charge in [0.25, 0.3) is 0 Å². The second-order valence-corrected chi connectivity index (χ2v) is 4.88. The van der Waals surface area contributed by atoms with E-state index in [9.17, 15) is 4.39 Å². The van der Waals surface area contributed by atoms with Crippen molar-refractivity contribution in [1.29, 1.82) is 0 Å². The van der Waals surface area contributed by atoms with Gasteiger partial charge >= 0.3 is 0 Å². The maximum atomic E-state index is 13.8. The van der Waals surface area contributed by atoms with Gasteiger partial charge in [0.2, 0.25) is 0 Å². The van der Waals surface area contributed by atoms with Crippen molar-refractivity contribution in [3.05, 3.63) is 52.8 Å². The maximum absolute atomic E-state index is 13.8.